The van der Waals surface area contributed by atoms with Gasteiger partial charge in [-0.2, -0.15) is 6.20 Å². The van der Waals surface area contributed by atoms with Crippen molar-refractivity contribution in [2.75, 3.05) is 0 Å². The van der Waals surface area contributed by atoms with Gasteiger partial charge < -0.3 is 15.2 Å². The number of amidine groups is 2. The van der Waals surface area contributed by atoms with E-state index in [1.807, 2.05) is 53.9 Å². The van der Waals surface area contributed by atoms with Gasteiger partial charge in [0, 0.05) is 47.5 Å². The van der Waals surface area contributed by atoms with Crippen LogP contribution in [0.1, 0.15) is 23.5 Å². The topological polar surface area (TPSA) is 55.8 Å². The minimum absolute atomic E-state index is 0.177. The zero-order valence-corrected chi connectivity index (χ0v) is 24.4. The largest absolute Gasteiger partial charge is 0.667 e. The molecule has 5 nitrogen and oxygen atoms in total. The number of aromatic nitrogens is 1. The summed E-state index contributed by atoms with van der Waals surface area (Å²) in [5, 5.41) is 13.7. The third-order valence-electron chi connectivity index (χ3n) is 8.45. The molecule has 0 fully saturated rings. The number of nitrogens with zero attached hydrogens (tertiary/aromatic N) is 4. The van der Waals surface area contributed by atoms with E-state index in [0.29, 0.717) is 0 Å². The SMILES string of the molecule is C1=CC(n2c3ccccc3c3cc4c(cc32)sc2ccccc24)[N-]C=C1C1=NC(c2ccccc2)N=C(c2ccccc2)N1. The lowest BCUT2D eigenvalue weighted by Gasteiger charge is -2.35. The molecule has 6 heteroatoms. The zero-order valence-electron chi connectivity index (χ0n) is 23.6. The lowest BCUT2D eigenvalue weighted by molar-refractivity contribution is 0.746. The van der Waals surface area contributed by atoms with Gasteiger partial charge >= 0.3 is 0 Å². The van der Waals surface area contributed by atoms with Crippen LogP contribution in [0.25, 0.3) is 47.3 Å². The van der Waals surface area contributed by atoms with Gasteiger partial charge in [0.15, 0.2) is 6.17 Å². The number of para-hydroxylation sites is 1. The van der Waals surface area contributed by atoms with Crippen LogP contribution in [0.2, 0.25) is 0 Å². The van der Waals surface area contributed by atoms with E-state index in [2.05, 4.69) is 107 Å². The van der Waals surface area contributed by atoms with Crippen molar-refractivity contribution in [1.29, 1.82) is 0 Å². The summed E-state index contributed by atoms with van der Waals surface area (Å²) in [6, 6.07) is 42.5. The highest BCUT2D eigenvalue weighted by Crippen LogP contribution is 2.42. The third-order valence-corrected chi connectivity index (χ3v) is 9.58. The van der Waals surface area contributed by atoms with Gasteiger partial charge in [0.2, 0.25) is 0 Å². The number of fused-ring (bicyclic) bond motifs is 6. The van der Waals surface area contributed by atoms with Crippen molar-refractivity contribution >= 4 is 65.0 Å². The van der Waals surface area contributed by atoms with E-state index in [1.165, 1.54) is 42.0 Å². The van der Waals surface area contributed by atoms with Gasteiger partial charge in [0.1, 0.15) is 11.7 Å². The fraction of sp³-hybridized carbons (Fsp3) is 0.0526. The number of benzene rings is 5. The van der Waals surface area contributed by atoms with Crippen molar-refractivity contribution in [3.63, 3.8) is 0 Å². The molecule has 7 aromatic rings. The van der Waals surface area contributed by atoms with Gasteiger partial charge in [0.05, 0.1) is 0 Å². The highest BCUT2D eigenvalue weighted by Gasteiger charge is 2.22. The Morgan fingerprint density at radius 2 is 1.36 bits per heavy atom. The molecule has 5 aromatic carbocycles. The fourth-order valence-electron chi connectivity index (χ4n) is 6.35. The molecule has 4 heterocycles. The molecule has 0 aliphatic carbocycles. The molecule has 9 rings (SSSR count). The summed E-state index contributed by atoms with van der Waals surface area (Å²) in [6.07, 6.45) is 5.75. The average Bonchev–Trinajstić information content (AvgIpc) is 3.62. The van der Waals surface area contributed by atoms with Crippen LogP contribution in [-0.4, -0.2) is 16.2 Å². The van der Waals surface area contributed by atoms with Crippen molar-refractivity contribution in [3.05, 3.63) is 162 Å². The molecule has 0 radical (unpaired) electrons. The van der Waals surface area contributed by atoms with Crippen LogP contribution in [0.3, 0.4) is 0 Å². The van der Waals surface area contributed by atoms with Crippen LogP contribution in [-0.2, 0) is 0 Å². The maximum atomic E-state index is 5.10. The van der Waals surface area contributed by atoms with Crippen LogP contribution in [0.4, 0.5) is 0 Å². The van der Waals surface area contributed by atoms with Crippen LogP contribution in [0.5, 0.6) is 0 Å². The maximum Gasteiger partial charge on any atom is 0.169 e. The van der Waals surface area contributed by atoms with Gasteiger partial charge in [-0.25, -0.2) is 9.98 Å². The van der Waals surface area contributed by atoms with Crippen LogP contribution in [0, 0.1) is 0 Å². The second kappa shape index (κ2) is 10.1. The zero-order chi connectivity index (χ0) is 29.0. The van der Waals surface area contributed by atoms with Crippen molar-refractivity contribution in [1.82, 2.24) is 9.88 Å². The van der Waals surface area contributed by atoms with E-state index in [1.54, 1.807) is 0 Å². The second-order valence-corrected chi connectivity index (χ2v) is 12.2. The van der Waals surface area contributed by atoms with Gasteiger partial charge in [-0.1, -0.05) is 109 Å². The Kier molecular flexibility index (Phi) is 5.74. The van der Waals surface area contributed by atoms with Crippen LogP contribution < -0.4 is 5.32 Å². The summed E-state index contributed by atoms with van der Waals surface area (Å²) in [6.45, 7) is 0. The summed E-state index contributed by atoms with van der Waals surface area (Å²) in [7, 11) is 0. The Bertz CT molecular complexity index is 2340. The average molecular weight is 585 g/mol. The highest BCUT2D eigenvalue weighted by molar-refractivity contribution is 7.25. The summed E-state index contributed by atoms with van der Waals surface area (Å²) in [5.41, 5.74) is 5.37. The van der Waals surface area contributed by atoms with Crippen molar-refractivity contribution in [2.45, 2.75) is 12.3 Å². The van der Waals surface area contributed by atoms with Gasteiger partial charge in [-0.3, -0.25) is 0 Å². The smallest absolute Gasteiger partial charge is 0.169 e. The lowest BCUT2D eigenvalue weighted by Crippen LogP contribution is -2.36. The number of hydrogen-bond acceptors (Lipinski definition) is 4. The Morgan fingerprint density at radius 1 is 0.636 bits per heavy atom. The molecule has 1 N–H and O–H groups in total. The normalized spacial score (nSPS) is 18.2. The molecular formula is C38H26N5S-. The Balaban J connectivity index is 1.11. The molecule has 2 atom stereocenters. The molecule has 0 saturated heterocycles. The molecule has 210 valence electrons. The Hall–Kier alpha value is -5.46. The molecule has 0 bridgehead atoms. The van der Waals surface area contributed by atoms with Gasteiger partial charge in [-0.15, -0.1) is 11.3 Å². The molecule has 0 spiro atoms. The van der Waals surface area contributed by atoms with E-state index < -0.39 is 0 Å². The summed E-state index contributed by atoms with van der Waals surface area (Å²) < 4.78 is 4.96. The second-order valence-electron chi connectivity index (χ2n) is 11.1. The van der Waals surface area contributed by atoms with Crippen molar-refractivity contribution in [2.24, 2.45) is 9.98 Å². The van der Waals surface area contributed by atoms with E-state index in [-0.39, 0.29) is 12.3 Å². The standard InChI is InChI=1S/C38H26N5S/c1-3-11-24(12-4-1)36-40-37(25-13-5-2-6-14-25)42-38(41-36)26-19-20-35(39-23-26)43-31-17-9-7-15-27(31)29-21-30-28-16-8-10-18-33(28)44-34(30)22-32(29)43/h1-23,35-36H,(H,40,41,42)/q-1. The molecule has 0 saturated carbocycles. The summed E-state index contributed by atoms with van der Waals surface area (Å²) in [4.78, 5) is 9.99. The predicted octanol–water partition coefficient (Wildman–Crippen LogP) is 9.64. The molecule has 44 heavy (non-hydrogen) atoms. The first-order chi connectivity index (χ1) is 21.8. The Morgan fingerprint density at radius 3 is 2.18 bits per heavy atom. The summed E-state index contributed by atoms with van der Waals surface area (Å²) >= 11 is 1.85. The fourth-order valence-corrected chi connectivity index (χ4v) is 7.47. The maximum absolute atomic E-state index is 5.10. The monoisotopic (exact) mass is 584 g/mol. The van der Waals surface area contributed by atoms with E-state index in [4.69, 9.17) is 15.3 Å². The van der Waals surface area contributed by atoms with Gasteiger partial charge in [0.25, 0.3) is 0 Å². The Labute approximate surface area is 258 Å². The van der Waals surface area contributed by atoms with Gasteiger partial charge in [-0.05, 0) is 41.6 Å². The quantitative estimate of drug-likeness (QED) is 0.220. The highest BCUT2D eigenvalue weighted by atomic mass is 32.1. The van der Waals surface area contributed by atoms with E-state index >= 15 is 0 Å². The first kappa shape index (κ1) is 25.1. The van der Waals surface area contributed by atoms with E-state index in [0.717, 1.165) is 28.4 Å². The third kappa shape index (κ3) is 4.07. The van der Waals surface area contributed by atoms with Crippen LogP contribution >= 0.6 is 11.3 Å². The number of thiophene rings is 1. The lowest BCUT2D eigenvalue weighted by atomic mass is 10.1. The molecular weight excluding hydrogens is 559 g/mol. The number of rotatable bonds is 4. The minimum Gasteiger partial charge on any atom is -0.667 e. The molecule has 2 unspecified atom stereocenters. The number of hydrogen-bond donors (Lipinski definition) is 1. The molecule has 2 aromatic heterocycles. The number of aliphatic imine (C=N–C) groups is 2. The summed E-state index contributed by atoms with van der Waals surface area (Å²) in [5.74, 6) is 1.57. The minimum atomic E-state index is -0.337. The van der Waals surface area contributed by atoms with Crippen molar-refractivity contribution < 1.29 is 0 Å². The van der Waals surface area contributed by atoms with E-state index in [9.17, 15) is 0 Å². The molecule has 2 aliphatic rings. The predicted molar refractivity (Wildman–Crippen MR) is 185 cm³/mol. The molecule has 2 aliphatic heterocycles. The van der Waals surface area contributed by atoms with Crippen LogP contribution in [0.15, 0.2) is 155 Å². The first-order valence-electron chi connectivity index (χ1n) is 14.8. The molecule has 0 amide bonds. The first-order valence-corrected chi connectivity index (χ1v) is 15.6. The van der Waals surface area contributed by atoms with Crippen molar-refractivity contribution in [3.8, 4) is 0 Å². The number of nitrogens with one attached hydrogen (secondary N) is 1.